The Morgan fingerprint density at radius 2 is 2.06 bits per heavy atom. The summed E-state index contributed by atoms with van der Waals surface area (Å²) in [5.74, 6) is 0.730. The van der Waals surface area contributed by atoms with Crippen LogP contribution in [-0.2, 0) is 17.7 Å². The van der Waals surface area contributed by atoms with Crippen molar-refractivity contribution in [1.29, 1.82) is 0 Å². The average molecular weight is 423 g/mol. The molecule has 0 amide bonds. The van der Waals surface area contributed by atoms with E-state index in [4.69, 9.17) is 4.74 Å². The van der Waals surface area contributed by atoms with Crippen molar-refractivity contribution in [1.82, 2.24) is 30.1 Å². The van der Waals surface area contributed by atoms with Crippen LogP contribution >= 0.6 is 0 Å². The summed E-state index contributed by atoms with van der Waals surface area (Å²) in [7, 11) is 0. The van der Waals surface area contributed by atoms with Gasteiger partial charge >= 0.3 is 0 Å². The molecule has 0 radical (unpaired) electrons. The Morgan fingerprint density at radius 3 is 2.84 bits per heavy atom. The van der Waals surface area contributed by atoms with E-state index >= 15 is 0 Å². The van der Waals surface area contributed by atoms with Crippen molar-refractivity contribution in [3.05, 3.63) is 51.6 Å². The number of nitrogens with zero attached hydrogens (tertiary/aromatic N) is 5. The second-order valence-electron chi connectivity index (χ2n) is 8.68. The van der Waals surface area contributed by atoms with Gasteiger partial charge in [-0.2, -0.15) is 0 Å². The fourth-order valence-corrected chi connectivity index (χ4v) is 4.89. The van der Waals surface area contributed by atoms with Crippen LogP contribution in [0.4, 0.5) is 0 Å². The zero-order valence-electron chi connectivity index (χ0n) is 18.1. The van der Waals surface area contributed by atoms with Crippen LogP contribution in [0.5, 0.6) is 0 Å². The van der Waals surface area contributed by atoms with E-state index in [0.717, 1.165) is 68.5 Å². The molecule has 8 heteroatoms. The molecule has 3 aromatic rings. The molecular formula is C23H30N6O2. The van der Waals surface area contributed by atoms with E-state index in [1.807, 2.05) is 16.8 Å². The van der Waals surface area contributed by atoms with Crippen molar-refractivity contribution in [2.75, 3.05) is 19.7 Å². The second kappa shape index (κ2) is 8.88. The van der Waals surface area contributed by atoms with Crippen LogP contribution in [0.3, 0.4) is 0 Å². The largest absolute Gasteiger partial charge is 0.376 e. The lowest BCUT2D eigenvalue weighted by Crippen LogP contribution is -2.39. The van der Waals surface area contributed by atoms with Gasteiger partial charge in [-0.25, -0.2) is 4.68 Å². The smallest absolute Gasteiger partial charge is 0.253 e. The minimum atomic E-state index is -0.268. The molecule has 1 N–H and O–H groups in total. The Bertz CT molecular complexity index is 1090. The number of nitrogens with one attached hydrogen (secondary N) is 1. The molecule has 2 unspecified atom stereocenters. The summed E-state index contributed by atoms with van der Waals surface area (Å²) < 4.78 is 7.67. The molecule has 5 rings (SSSR count). The highest BCUT2D eigenvalue weighted by atomic mass is 16.5. The van der Waals surface area contributed by atoms with Gasteiger partial charge in [0.25, 0.3) is 5.56 Å². The summed E-state index contributed by atoms with van der Waals surface area (Å²) in [6.07, 6.45) is 6.64. The summed E-state index contributed by atoms with van der Waals surface area (Å²) in [6, 6.07) is 8.00. The molecule has 2 atom stereocenters. The standard InChI is InChI=1S/C23H30N6O2/c1-2-16-8-9-20-17(13-16)14-19(23(30)24-20)21(28-10-4-3-5-11-28)22-25-26-27-29(22)15-18-7-6-12-31-18/h8-9,13-14,18,21H,2-7,10-12,15H2,1H3,(H,24,30). The molecule has 164 valence electrons. The fraction of sp³-hybridized carbons (Fsp3) is 0.565. The minimum absolute atomic E-state index is 0.0704. The van der Waals surface area contributed by atoms with Crippen molar-refractivity contribution >= 4 is 10.9 Å². The highest BCUT2D eigenvalue weighted by molar-refractivity contribution is 5.80. The number of likely N-dealkylation sites (tertiary alicyclic amines) is 1. The molecule has 2 aromatic heterocycles. The zero-order chi connectivity index (χ0) is 21.2. The Balaban J connectivity index is 1.59. The summed E-state index contributed by atoms with van der Waals surface area (Å²) in [4.78, 5) is 18.7. The van der Waals surface area contributed by atoms with Gasteiger partial charge in [-0.15, -0.1) is 5.10 Å². The van der Waals surface area contributed by atoms with Crippen LogP contribution in [0, 0.1) is 0 Å². The molecule has 8 nitrogen and oxygen atoms in total. The predicted molar refractivity (Wildman–Crippen MR) is 118 cm³/mol. The van der Waals surface area contributed by atoms with E-state index in [2.05, 4.69) is 44.5 Å². The third-order valence-corrected chi connectivity index (χ3v) is 6.60. The molecule has 31 heavy (non-hydrogen) atoms. The molecule has 2 aliphatic rings. The monoisotopic (exact) mass is 422 g/mol. The number of aromatic amines is 1. The number of piperidine rings is 1. The molecule has 0 bridgehead atoms. The van der Waals surface area contributed by atoms with Crippen LogP contribution in [0.2, 0.25) is 0 Å². The number of rotatable bonds is 6. The molecule has 2 fully saturated rings. The number of aromatic nitrogens is 5. The molecule has 1 aromatic carbocycles. The number of aryl methyl sites for hydroxylation is 1. The fourth-order valence-electron chi connectivity index (χ4n) is 4.89. The lowest BCUT2D eigenvalue weighted by Gasteiger charge is -2.33. The van der Waals surface area contributed by atoms with Gasteiger partial charge in [-0.05, 0) is 84.8 Å². The number of fused-ring (bicyclic) bond motifs is 1. The maximum absolute atomic E-state index is 13.2. The quantitative estimate of drug-likeness (QED) is 0.657. The van der Waals surface area contributed by atoms with Crippen molar-refractivity contribution in [3.63, 3.8) is 0 Å². The third kappa shape index (κ3) is 4.14. The molecule has 0 saturated carbocycles. The van der Waals surface area contributed by atoms with Gasteiger partial charge in [-0.1, -0.05) is 19.4 Å². The molecule has 2 aliphatic heterocycles. The Morgan fingerprint density at radius 1 is 1.19 bits per heavy atom. The second-order valence-corrected chi connectivity index (χ2v) is 8.68. The highest BCUT2D eigenvalue weighted by Crippen LogP contribution is 2.30. The Kier molecular flexibility index (Phi) is 5.82. The summed E-state index contributed by atoms with van der Waals surface area (Å²) in [5.41, 5.74) is 2.76. The van der Waals surface area contributed by atoms with E-state index < -0.39 is 0 Å². The topological polar surface area (TPSA) is 88.9 Å². The molecule has 4 heterocycles. The average Bonchev–Trinajstić information content (AvgIpc) is 3.48. The predicted octanol–water partition coefficient (Wildman–Crippen LogP) is 2.83. The lowest BCUT2D eigenvalue weighted by atomic mass is 9.99. The maximum atomic E-state index is 13.2. The van der Waals surface area contributed by atoms with Crippen LogP contribution in [0.1, 0.15) is 62.0 Å². The van der Waals surface area contributed by atoms with Gasteiger partial charge in [0.05, 0.1) is 12.6 Å². The first-order valence-electron chi connectivity index (χ1n) is 11.5. The third-order valence-electron chi connectivity index (χ3n) is 6.60. The van der Waals surface area contributed by atoms with Crippen molar-refractivity contribution in [2.45, 2.75) is 64.1 Å². The Labute approximate surface area is 181 Å². The van der Waals surface area contributed by atoms with Crippen LogP contribution < -0.4 is 5.56 Å². The first-order valence-corrected chi connectivity index (χ1v) is 11.5. The number of tetrazole rings is 1. The highest BCUT2D eigenvalue weighted by Gasteiger charge is 2.32. The van der Waals surface area contributed by atoms with E-state index in [-0.39, 0.29) is 17.7 Å². The summed E-state index contributed by atoms with van der Waals surface area (Å²) in [5, 5.41) is 13.7. The molecule has 0 aliphatic carbocycles. The van der Waals surface area contributed by atoms with Crippen LogP contribution in [-0.4, -0.2) is 55.9 Å². The number of hydrogen-bond donors (Lipinski definition) is 1. The van der Waals surface area contributed by atoms with Gasteiger partial charge in [0, 0.05) is 17.7 Å². The first kappa shape index (κ1) is 20.3. The van der Waals surface area contributed by atoms with Crippen molar-refractivity contribution in [2.24, 2.45) is 0 Å². The van der Waals surface area contributed by atoms with Gasteiger partial charge in [0.2, 0.25) is 0 Å². The number of ether oxygens (including phenoxy) is 1. The van der Waals surface area contributed by atoms with E-state index in [1.165, 1.54) is 12.0 Å². The van der Waals surface area contributed by atoms with Crippen LogP contribution in [0.15, 0.2) is 29.1 Å². The van der Waals surface area contributed by atoms with Gasteiger partial charge in [0.15, 0.2) is 5.82 Å². The summed E-state index contributed by atoms with van der Waals surface area (Å²) in [6.45, 7) is 5.43. The number of H-pyrrole nitrogens is 1. The Hall–Kier alpha value is -2.58. The van der Waals surface area contributed by atoms with E-state index in [9.17, 15) is 4.79 Å². The van der Waals surface area contributed by atoms with Gasteiger partial charge in [0.1, 0.15) is 6.04 Å². The maximum Gasteiger partial charge on any atom is 0.253 e. The normalized spacial score (nSPS) is 21.0. The van der Waals surface area contributed by atoms with E-state index in [0.29, 0.717) is 12.1 Å². The van der Waals surface area contributed by atoms with Crippen molar-refractivity contribution < 1.29 is 4.74 Å². The lowest BCUT2D eigenvalue weighted by molar-refractivity contribution is 0.0902. The van der Waals surface area contributed by atoms with E-state index in [1.54, 1.807) is 0 Å². The molecule has 0 spiro atoms. The number of benzene rings is 1. The molecule has 2 saturated heterocycles. The summed E-state index contributed by atoms with van der Waals surface area (Å²) >= 11 is 0. The SMILES string of the molecule is CCc1ccc2[nH]c(=O)c(C(c3nnnn3CC3CCCO3)N3CCCCC3)cc2c1. The van der Waals surface area contributed by atoms with Crippen molar-refractivity contribution in [3.8, 4) is 0 Å². The number of hydrogen-bond acceptors (Lipinski definition) is 6. The molecular weight excluding hydrogens is 392 g/mol. The first-order chi connectivity index (χ1) is 15.2. The van der Waals surface area contributed by atoms with Gasteiger partial charge in [-0.3, -0.25) is 9.69 Å². The zero-order valence-corrected chi connectivity index (χ0v) is 18.1. The minimum Gasteiger partial charge on any atom is -0.376 e. The van der Waals surface area contributed by atoms with Gasteiger partial charge < -0.3 is 9.72 Å². The van der Waals surface area contributed by atoms with Crippen LogP contribution in [0.25, 0.3) is 10.9 Å². The number of pyridine rings is 1.